The molecule has 1 amide bonds. The number of thioether (sulfide) groups is 1. The van der Waals surface area contributed by atoms with Gasteiger partial charge in [0.1, 0.15) is 17.3 Å². The average Bonchev–Trinajstić information content (AvgIpc) is 3.05. The number of halogens is 2. The third-order valence-corrected chi connectivity index (χ3v) is 6.92. The summed E-state index contributed by atoms with van der Waals surface area (Å²) in [7, 11) is 1.61. The van der Waals surface area contributed by atoms with E-state index in [1.807, 2.05) is 24.3 Å². The van der Waals surface area contributed by atoms with Crippen molar-refractivity contribution in [3.63, 3.8) is 0 Å². The zero-order chi connectivity index (χ0) is 21.1. The molecule has 0 aromatic heterocycles. The minimum atomic E-state index is -0.391. The van der Waals surface area contributed by atoms with Gasteiger partial charge in [0.15, 0.2) is 5.17 Å². The highest BCUT2D eigenvalue weighted by Crippen LogP contribution is 2.39. The quantitative estimate of drug-likeness (QED) is 0.459. The number of rotatable bonds is 4. The number of para-hydroxylation sites is 1. The van der Waals surface area contributed by atoms with Crippen LogP contribution in [0.5, 0.6) is 5.75 Å². The predicted molar refractivity (Wildman–Crippen MR) is 123 cm³/mol. The van der Waals surface area contributed by atoms with Gasteiger partial charge in [0.2, 0.25) is 0 Å². The van der Waals surface area contributed by atoms with Crippen molar-refractivity contribution in [2.75, 3.05) is 7.11 Å². The van der Waals surface area contributed by atoms with Gasteiger partial charge in [-0.1, -0.05) is 37.5 Å². The van der Waals surface area contributed by atoms with Gasteiger partial charge in [-0.25, -0.2) is 9.38 Å². The summed E-state index contributed by atoms with van der Waals surface area (Å²) >= 11 is 4.80. The van der Waals surface area contributed by atoms with Crippen LogP contribution < -0.4 is 4.74 Å². The Balaban J connectivity index is 1.71. The number of ether oxygens (including phenoxy) is 1. The van der Waals surface area contributed by atoms with Crippen molar-refractivity contribution in [3.8, 4) is 5.75 Å². The number of aliphatic imine (C=N–C) groups is 1. The number of hydrogen-bond acceptors (Lipinski definition) is 4. The van der Waals surface area contributed by atoms with E-state index in [0.717, 1.165) is 41.5 Å². The standard InChI is InChI=1S/C23H22BrFN2O2S/c1-29-20-12-11-15(13-17(20)24)14-21-22(28)27(16-7-3-2-4-8-16)23(30-21)26-19-10-6-5-9-18(19)25/h5-6,9-14,16H,2-4,7-8H2,1H3. The highest BCUT2D eigenvalue weighted by molar-refractivity contribution is 9.10. The Bertz CT molecular complexity index is 1020. The fourth-order valence-corrected chi connectivity index (χ4v) is 5.41. The SMILES string of the molecule is COc1ccc(C=C2SC(=Nc3ccccc3F)N(C3CCCCC3)C2=O)cc1Br. The highest BCUT2D eigenvalue weighted by atomic mass is 79.9. The number of nitrogens with zero attached hydrogens (tertiary/aromatic N) is 2. The molecule has 4 nitrogen and oxygen atoms in total. The molecule has 4 rings (SSSR count). The molecule has 156 valence electrons. The van der Waals surface area contributed by atoms with Crippen LogP contribution in [0.3, 0.4) is 0 Å². The lowest BCUT2D eigenvalue weighted by Crippen LogP contribution is -2.40. The fraction of sp³-hybridized carbons (Fsp3) is 0.304. The zero-order valence-corrected chi connectivity index (χ0v) is 19.0. The van der Waals surface area contributed by atoms with Crippen molar-refractivity contribution in [1.82, 2.24) is 4.90 Å². The second kappa shape index (κ2) is 9.35. The van der Waals surface area contributed by atoms with E-state index in [9.17, 15) is 9.18 Å². The van der Waals surface area contributed by atoms with Crippen LogP contribution in [0.25, 0.3) is 6.08 Å². The molecule has 1 saturated carbocycles. The van der Waals surface area contributed by atoms with Crippen LogP contribution in [0.4, 0.5) is 10.1 Å². The number of benzene rings is 2. The van der Waals surface area contributed by atoms with Crippen LogP contribution in [0.15, 0.2) is 56.8 Å². The number of carbonyl (C=O) groups excluding carboxylic acids is 1. The van der Waals surface area contributed by atoms with Gasteiger partial charge >= 0.3 is 0 Å². The van der Waals surface area contributed by atoms with E-state index in [1.54, 1.807) is 30.2 Å². The molecular formula is C23H22BrFN2O2S. The van der Waals surface area contributed by atoms with Gasteiger partial charge in [0.05, 0.1) is 16.5 Å². The highest BCUT2D eigenvalue weighted by Gasteiger charge is 2.38. The van der Waals surface area contributed by atoms with Crippen molar-refractivity contribution in [2.45, 2.75) is 38.1 Å². The molecule has 1 heterocycles. The van der Waals surface area contributed by atoms with Crippen molar-refractivity contribution in [1.29, 1.82) is 0 Å². The molecule has 2 aliphatic rings. The molecule has 1 aliphatic heterocycles. The first-order valence-electron chi connectivity index (χ1n) is 9.96. The van der Waals surface area contributed by atoms with E-state index in [-0.39, 0.29) is 17.6 Å². The minimum Gasteiger partial charge on any atom is -0.496 e. The summed E-state index contributed by atoms with van der Waals surface area (Å²) in [6.07, 6.45) is 7.13. The first-order chi connectivity index (χ1) is 14.6. The smallest absolute Gasteiger partial charge is 0.267 e. The number of amidine groups is 1. The largest absolute Gasteiger partial charge is 0.496 e. The summed E-state index contributed by atoms with van der Waals surface area (Å²) in [5.74, 6) is 0.278. The van der Waals surface area contributed by atoms with E-state index < -0.39 is 5.82 Å². The molecule has 2 aromatic carbocycles. The maximum absolute atomic E-state index is 14.2. The molecule has 0 atom stereocenters. The van der Waals surface area contributed by atoms with Crippen LogP contribution in [-0.2, 0) is 4.79 Å². The summed E-state index contributed by atoms with van der Waals surface area (Å²) in [5.41, 5.74) is 1.14. The molecule has 0 unspecified atom stereocenters. The first-order valence-corrected chi connectivity index (χ1v) is 11.6. The molecule has 0 spiro atoms. The summed E-state index contributed by atoms with van der Waals surface area (Å²) in [6.45, 7) is 0. The Labute approximate surface area is 188 Å². The van der Waals surface area contributed by atoms with Gasteiger partial charge in [0, 0.05) is 6.04 Å². The summed E-state index contributed by atoms with van der Waals surface area (Å²) in [5, 5.41) is 0.552. The lowest BCUT2D eigenvalue weighted by atomic mass is 9.94. The van der Waals surface area contributed by atoms with Crippen LogP contribution >= 0.6 is 27.7 Å². The number of hydrogen-bond donors (Lipinski definition) is 0. The van der Waals surface area contributed by atoms with Crippen molar-refractivity contribution in [3.05, 3.63) is 63.2 Å². The number of carbonyl (C=O) groups is 1. The van der Waals surface area contributed by atoms with Gasteiger partial charge in [-0.2, -0.15) is 0 Å². The lowest BCUT2D eigenvalue weighted by molar-refractivity contribution is -0.124. The summed E-state index contributed by atoms with van der Waals surface area (Å²) < 4.78 is 20.3. The Hall–Kier alpha value is -2.12. The Kier molecular flexibility index (Phi) is 6.58. The van der Waals surface area contributed by atoms with Gasteiger partial charge in [-0.3, -0.25) is 9.69 Å². The molecule has 1 saturated heterocycles. The van der Waals surface area contributed by atoms with Gasteiger partial charge in [-0.05, 0) is 76.4 Å². The molecule has 2 aromatic rings. The number of amides is 1. The summed E-state index contributed by atoms with van der Waals surface area (Å²) in [4.78, 5) is 20.2. The van der Waals surface area contributed by atoms with E-state index in [2.05, 4.69) is 20.9 Å². The monoisotopic (exact) mass is 488 g/mol. The van der Waals surface area contributed by atoms with Gasteiger partial charge < -0.3 is 4.74 Å². The van der Waals surface area contributed by atoms with Crippen molar-refractivity contribution < 1.29 is 13.9 Å². The Morgan fingerprint density at radius 1 is 1.20 bits per heavy atom. The van der Waals surface area contributed by atoms with E-state index in [4.69, 9.17) is 4.74 Å². The van der Waals surface area contributed by atoms with Crippen LogP contribution in [0.1, 0.15) is 37.7 Å². The summed E-state index contributed by atoms with van der Waals surface area (Å²) in [6, 6.07) is 12.2. The molecule has 0 radical (unpaired) electrons. The molecule has 2 fully saturated rings. The third-order valence-electron chi connectivity index (χ3n) is 5.32. The molecule has 7 heteroatoms. The van der Waals surface area contributed by atoms with E-state index in [0.29, 0.717) is 10.1 Å². The van der Waals surface area contributed by atoms with E-state index >= 15 is 0 Å². The topological polar surface area (TPSA) is 41.9 Å². The first kappa shape index (κ1) is 21.1. The van der Waals surface area contributed by atoms with Crippen molar-refractivity contribution >= 4 is 50.5 Å². The molecule has 1 aliphatic carbocycles. The minimum absolute atomic E-state index is 0.0612. The maximum Gasteiger partial charge on any atom is 0.267 e. The predicted octanol–water partition coefficient (Wildman–Crippen LogP) is 6.53. The van der Waals surface area contributed by atoms with Gasteiger partial charge in [0.25, 0.3) is 5.91 Å². The maximum atomic E-state index is 14.2. The fourth-order valence-electron chi connectivity index (χ4n) is 3.80. The molecule has 0 bridgehead atoms. The Morgan fingerprint density at radius 2 is 1.97 bits per heavy atom. The third kappa shape index (κ3) is 4.47. The van der Waals surface area contributed by atoms with Crippen LogP contribution in [0, 0.1) is 5.82 Å². The normalized spacial score (nSPS) is 20.4. The second-order valence-electron chi connectivity index (χ2n) is 7.32. The van der Waals surface area contributed by atoms with Gasteiger partial charge in [-0.15, -0.1) is 0 Å². The average molecular weight is 489 g/mol. The lowest BCUT2D eigenvalue weighted by Gasteiger charge is -2.30. The second-order valence-corrected chi connectivity index (χ2v) is 9.18. The van der Waals surface area contributed by atoms with Crippen LogP contribution in [-0.4, -0.2) is 29.1 Å². The number of methoxy groups -OCH3 is 1. The Morgan fingerprint density at radius 3 is 2.67 bits per heavy atom. The molecule has 30 heavy (non-hydrogen) atoms. The van der Waals surface area contributed by atoms with E-state index in [1.165, 1.54) is 24.2 Å². The zero-order valence-electron chi connectivity index (χ0n) is 16.6. The van der Waals surface area contributed by atoms with Crippen molar-refractivity contribution in [2.24, 2.45) is 4.99 Å². The molecule has 0 N–H and O–H groups in total. The molecular weight excluding hydrogens is 467 g/mol. The van der Waals surface area contributed by atoms with Crippen LogP contribution in [0.2, 0.25) is 0 Å².